The Morgan fingerprint density at radius 1 is 1.26 bits per heavy atom. The van der Waals surface area contributed by atoms with Crippen molar-refractivity contribution in [1.82, 2.24) is 9.80 Å². The molecule has 2 amide bonds. The standard InChI is InChI=1S/C16H26N2O4S/c1-2-13-5-3-4-7-17(13)16(20)12-9-15(19)18(10-12)14-6-8-23(21,22)11-14/h12-14H,2-11H2,1H3. The Morgan fingerprint density at radius 2 is 2.04 bits per heavy atom. The second-order valence-corrected chi connectivity index (χ2v) is 9.32. The molecule has 3 fully saturated rings. The predicted molar refractivity (Wildman–Crippen MR) is 86.5 cm³/mol. The molecule has 6 nitrogen and oxygen atoms in total. The van der Waals surface area contributed by atoms with Gasteiger partial charge in [-0.1, -0.05) is 6.92 Å². The zero-order valence-corrected chi connectivity index (χ0v) is 14.6. The van der Waals surface area contributed by atoms with Gasteiger partial charge in [-0.15, -0.1) is 0 Å². The van der Waals surface area contributed by atoms with Crippen LogP contribution in [0.1, 0.15) is 45.4 Å². The van der Waals surface area contributed by atoms with Crippen LogP contribution >= 0.6 is 0 Å². The Balaban J connectivity index is 1.66. The number of likely N-dealkylation sites (tertiary alicyclic amines) is 2. The SMILES string of the molecule is CCC1CCCCN1C(=O)C1CC(=O)N(C2CCS(=O)(=O)C2)C1. The molecule has 130 valence electrons. The minimum atomic E-state index is -3.02. The summed E-state index contributed by atoms with van der Waals surface area (Å²) in [6, 6.07) is 0.0703. The summed E-state index contributed by atoms with van der Waals surface area (Å²) >= 11 is 0. The number of sulfone groups is 1. The molecule has 3 heterocycles. The van der Waals surface area contributed by atoms with E-state index in [4.69, 9.17) is 0 Å². The molecular weight excluding hydrogens is 316 g/mol. The third kappa shape index (κ3) is 3.39. The number of hydrogen-bond acceptors (Lipinski definition) is 4. The lowest BCUT2D eigenvalue weighted by Crippen LogP contribution is -2.47. The van der Waals surface area contributed by atoms with E-state index in [1.807, 2.05) is 4.90 Å². The molecular formula is C16H26N2O4S. The highest BCUT2D eigenvalue weighted by atomic mass is 32.2. The number of piperidine rings is 1. The zero-order chi connectivity index (χ0) is 16.6. The molecule has 3 saturated heterocycles. The highest BCUT2D eigenvalue weighted by Crippen LogP contribution is 2.29. The van der Waals surface area contributed by atoms with E-state index in [9.17, 15) is 18.0 Å². The fourth-order valence-corrected chi connectivity index (χ4v) is 5.95. The maximum Gasteiger partial charge on any atom is 0.228 e. The van der Waals surface area contributed by atoms with Crippen LogP contribution in [0, 0.1) is 5.92 Å². The van der Waals surface area contributed by atoms with Crippen LogP contribution < -0.4 is 0 Å². The summed E-state index contributed by atoms with van der Waals surface area (Å²) in [5.74, 6) is -0.0490. The molecule has 23 heavy (non-hydrogen) atoms. The molecule has 0 aromatic carbocycles. The average Bonchev–Trinajstić information content (AvgIpc) is 3.08. The number of hydrogen-bond donors (Lipinski definition) is 0. The molecule has 0 aliphatic carbocycles. The number of amides is 2. The molecule has 3 aliphatic heterocycles. The van der Waals surface area contributed by atoms with E-state index in [-0.39, 0.29) is 41.7 Å². The normalized spacial score (nSPS) is 34.1. The molecule has 0 aromatic heterocycles. The summed E-state index contributed by atoms with van der Waals surface area (Å²) in [6.07, 6.45) is 4.95. The first-order valence-corrected chi connectivity index (χ1v) is 10.5. The van der Waals surface area contributed by atoms with Gasteiger partial charge in [0.2, 0.25) is 11.8 Å². The van der Waals surface area contributed by atoms with Crippen molar-refractivity contribution in [3.8, 4) is 0 Å². The Bertz CT molecular complexity index is 589. The molecule has 0 N–H and O–H groups in total. The highest BCUT2D eigenvalue weighted by molar-refractivity contribution is 7.91. The highest BCUT2D eigenvalue weighted by Gasteiger charge is 2.43. The lowest BCUT2D eigenvalue weighted by Gasteiger charge is -2.37. The van der Waals surface area contributed by atoms with Crippen molar-refractivity contribution in [3.63, 3.8) is 0 Å². The van der Waals surface area contributed by atoms with Crippen molar-refractivity contribution in [3.05, 3.63) is 0 Å². The van der Waals surface area contributed by atoms with Crippen molar-refractivity contribution in [2.24, 2.45) is 5.92 Å². The molecule has 3 aliphatic rings. The van der Waals surface area contributed by atoms with Gasteiger partial charge in [-0.2, -0.15) is 0 Å². The fourth-order valence-electron chi connectivity index (χ4n) is 4.22. The topological polar surface area (TPSA) is 74.8 Å². The van der Waals surface area contributed by atoms with Crippen LogP contribution in [0.25, 0.3) is 0 Å². The van der Waals surface area contributed by atoms with Crippen LogP contribution in [0.4, 0.5) is 0 Å². The smallest absolute Gasteiger partial charge is 0.228 e. The molecule has 3 rings (SSSR count). The molecule has 0 bridgehead atoms. The fraction of sp³-hybridized carbons (Fsp3) is 0.875. The van der Waals surface area contributed by atoms with Gasteiger partial charge in [-0.3, -0.25) is 9.59 Å². The third-order valence-electron chi connectivity index (χ3n) is 5.54. The molecule has 0 aromatic rings. The van der Waals surface area contributed by atoms with E-state index in [2.05, 4.69) is 6.92 Å². The summed E-state index contributed by atoms with van der Waals surface area (Å²) in [7, 11) is -3.02. The van der Waals surface area contributed by atoms with Crippen molar-refractivity contribution in [2.45, 2.75) is 57.5 Å². The van der Waals surface area contributed by atoms with E-state index >= 15 is 0 Å². The first-order valence-electron chi connectivity index (χ1n) is 8.71. The summed E-state index contributed by atoms with van der Waals surface area (Å²) in [6.45, 7) is 3.29. The first kappa shape index (κ1) is 16.7. The van der Waals surface area contributed by atoms with E-state index in [0.29, 0.717) is 19.0 Å². The Morgan fingerprint density at radius 3 is 2.70 bits per heavy atom. The zero-order valence-electron chi connectivity index (χ0n) is 13.7. The van der Waals surface area contributed by atoms with Crippen molar-refractivity contribution in [2.75, 3.05) is 24.6 Å². The van der Waals surface area contributed by atoms with Crippen molar-refractivity contribution in [1.29, 1.82) is 0 Å². The van der Waals surface area contributed by atoms with Gasteiger partial charge in [-0.25, -0.2) is 8.42 Å². The average molecular weight is 342 g/mol. The lowest BCUT2D eigenvalue weighted by molar-refractivity contribution is -0.139. The van der Waals surface area contributed by atoms with Gasteiger partial charge in [0.1, 0.15) is 0 Å². The van der Waals surface area contributed by atoms with Gasteiger partial charge in [0.05, 0.1) is 17.4 Å². The van der Waals surface area contributed by atoms with Crippen LogP contribution in [-0.4, -0.2) is 66.7 Å². The molecule has 3 atom stereocenters. The van der Waals surface area contributed by atoms with Gasteiger partial charge in [-0.05, 0) is 32.1 Å². The van der Waals surface area contributed by atoms with Gasteiger partial charge in [0.15, 0.2) is 9.84 Å². The summed E-state index contributed by atoms with van der Waals surface area (Å²) < 4.78 is 23.3. The summed E-state index contributed by atoms with van der Waals surface area (Å²) in [5.41, 5.74) is 0. The minimum absolute atomic E-state index is 0.0565. The summed E-state index contributed by atoms with van der Waals surface area (Å²) in [4.78, 5) is 28.7. The van der Waals surface area contributed by atoms with E-state index in [0.717, 1.165) is 32.2 Å². The lowest BCUT2D eigenvalue weighted by atomic mass is 9.97. The molecule has 0 spiro atoms. The number of carbonyl (C=O) groups is 2. The third-order valence-corrected chi connectivity index (χ3v) is 7.29. The molecule has 0 radical (unpaired) electrons. The number of nitrogens with zero attached hydrogens (tertiary/aromatic N) is 2. The van der Waals surface area contributed by atoms with Crippen molar-refractivity contribution < 1.29 is 18.0 Å². The van der Waals surface area contributed by atoms with E-state index in [1.54, 1.807) is 4.90 Å². The van der Waals surface area contributed by atoms with Gasteiger partial charge < -0.3 is 9.80 Å². The quantitative estimate of drug-likeness (QED) is 0.761. The predicted octanol–water partition coefficient (Wildman–Crippen LogP) is 0.813. The largest absolute Gasteiger partial charge is 0.339 e. The van der Waals surface area contributed by atoms with Crippen molar-refractivity contribution >= 4 is 21.7 Å². The Kier molecular flexibility index (Phi) is 4.67. The van der Waals surface area contributed by atoms with Gasteiger partial charge in [0.25, 0.3) is 0 Å². The van der Waals surface area contributed by atoms with Crippen LogP contribution in [0.3, 0.4) is 0 Å². The number of carbonyl (C=O) groups excluding carboxylic acids is 2. The Hall–Kier alpha value is -1.11. The first-order chi connectivity index (χ1) is 10.9. The molecule has 7 heteroatoms. The van der Waals surface area contributed by atoms with E-state index < -0.39 is 9.84 Å². The van der Waals surface area contributed by atoms with E-state index in [1.165, 1.54) is 0 Å². The maximum absolute atomic E-state index is 12.8. The second kappa shape index (κ2) is 6.42. The Labute approximate surface area is 138 Å². The monoisotopic (exact) mass is 342 g/mol. The van der Waals surface area contributed by atoms with Gasteiger partial charge >= 0.3 is 0 Å². The maximum atomic E-state index is 12.8. The van der Waals surface area contributed by atoms with Gasteiger partial charge in [0, 0.05) is 31.6 Å². The molecule has 3 unspecified atom stereocenters. The molecule has 0 saturated carbocycles. The van der Waals surface area contributed by atoms with Crippen LogP contribution in [0.2, 0.25) is 0 Å². The minimum Gasteiger partial charge on any atom is -0.339 e. The van der Waals surface area contributed by atoms with Crippen LogP contribution in [0.15, 0.2) is 0 Å². The second-order valence-electron chi connectivity index (χ2n) is 7.09. The van der Waals surface area contributed by atoms with Crippen LogP contribution in [-0.2, 0) is 19.4 Å². The summed E-state index contributed by atoms with van der Waals surface area (Å²) in [5, 5.41) is 0. The number of rotatable bonds is 3. The van der Waals surface area contributed by atoms with Crippen LogP contribution in [0.5, 0.6) is 0 Å².